The van der Waals surface area contributed by atoms with Gasteiger partial charge in [0.1, 0.15) is 0 Å². The van der Waals surface area contributed by atoms with E-state index in [1.165, 1.54) is 22.9 Å². The summed E-state index contributed by atoms with van der Waals surface area (Å²) in [7, 11) is 0. The third-order valence-corrected chi connectivity index (χ3v) is 4.01. The molecule has 0 atom stereocenters. The molecule has 0 unspecified atom stereocenters. The molecule has 2 aromatic rings. The first-order valence-corrected chi connectivity index (χ1v) is 8.03. The van der Waals surface area contributed by atoms with Gasteiger partial charge in [-0.1, -0.05) is 36.4 Å². The summed E-state index contributed by atoms with van der Waals surface area (Å²) in [6.45, 7) is 4.19. The molecular formula is C20H21NO2. The third-order valence-electron chi connectivity index (χ3n) is 4.01. The molecule has 0 spiro atoms. The second-order valence-corrected chi connectivity index (χ2v) is 5.63. The van der Waals surface area contributed by atoms with Crippen LogP contribution < -0.4 is 4.90 Å². The highest BCUT2D eigenvalue weighted by Crippen LogP contribution is 2.30. The Morgan fingerprint density at radius 2 is 2.04 bits per heavy atom. The van der Waals surface area contributed by atoms with E-state index >= 15 is 0 Å². The number of rotatable bonds is 5. The number of carbonyl (C=O) groups excluding carboxylic acids is 1. The number of hydrogen-bond donors (Lipinski definition) is 0. The first kappa shape index (κ1) is 15.3. The summed E-state index contributed by atoms with van der Waals surface area (Å²) in [5.41, 5.74) is 5.00. The lowest BCUT2D eigenvalue weighted by Crippen LogP contribution is -2.19. The van der Waals surface area contributed by atoms with Crippen molar-refractivity contribution in [3.05, 3.63) is 71.3 Å². The zero-order valence-corrected chi connectivity index (χ0v) is 13.4. The molecule has 0 saturated heterocycles. The van der Waals surface area contributed by atoms with Gasteiger partial charge in [0.2, 0.25) is 0 Å². The first-order valence-electron chi connectivity index (χ1n) is 8.03. The van der Waals surface area contributed by atoms with Crippen molar-refractivity contribution in [3.63, 3.8) is 0 Å². The average Bonchev–Trinajstić information content (AvgIpc) is 2.96. The lowest BCUT2D eigenvalue weighted by molar-refractivity contribution is -0.137. The molecule has 0 N–H and O–H groups in total. The molecule has 1 aliphatic heterocycles. The number of carbonyl (C=O) groups is 1. The fourth-order valence-electron chi connectivity index (χ4n) is 2.92. The van der Waals surface area contributed by atoms with Crippen LogP contribution in [-0.2, 0) is 22.5 Å². The van der Waals surface area contributed by atoms with E-state index in [4.69, 9.17) is 4.74 Å². The summed E-state index contributed by atoms with van der Waals surface area (Å²) < 4.78 is 4.91. The van der Waals surface area contributed by atoms with Crippen LogP contribution >= 0.6 is 0 Å². The fraction of sp³-hybridized carbons (Fsp3) is 0.250. The van der Waals surface area contributed by atoms with Crippen LogP contribution in [0, 0.1) is 0 Å². The number of hydrogen-bond acceptors (Lipinski definition) is 3. The minimum Gasteiger partial charge on any atom is -0.463 e. The summed E-state index contributed by atoms with van der Waals surface area (Å²) in [6, 6.07) is 16.9. The molecule has 0 aromatic heterocycles. The molecule has 2 aromatic carbocycles. The molecule has 23 heavy (non-hydrogen) atoms. The van der Waals surface area contributed by atoms with Gasteiger partial charge in [0, 0.05) is 24.9 Å². The van der Waals surface area contributed by atoms with Crippen LogP contribution in [0.15, 0.2) is 54.6 Å². The standard InChI is InChI=1S/C20H21NO2/c1-2-23-20(22)11-9-16-8-10-19-18(14-16)12-13-21(19)15-17-6-4-3-5-7-17/h3-11,14H,2,12-13,15H2,1H3. The molecule has 0 bridgehead atoms. The summed E-state index contributed by atoms with van der Waals surface area (Å²) in [6.07, 6.45) is 4.35. The Morgan fingerprint density at radius 1 is 1.22 bits per heavy atom. The van der Waals surface area contributed by atoms with Crippen molar-refractivity contribution in [2.24, 2.45) is 0 Å². The molecule has 0 fully saturated rings. The van der Waals surface area contributed by atoms with Gasteiger partial charge in [-0.25, -0.2) is 4.79 Å². The molecule has 3 heteroatoms. The highest BCUT2D eigenvalue weighted by atomic mass is 16.5. The van der Waals surface area contributed by atoms with E-state index in [1.54, 1.807) is 0 Å². The van der Waals surface area contributed by atoms with E-state index in [2.05, 4.69) is 47.4 Å². The lowest BCUT2D eigenvalue weighted by atomic mass is 10.1. The van der Waals surface area contributed by atoms with Crippen molar-refractivity contribution in [2.45, 2.75) is 19.9 Å². The van der Waals surface area contributed by atoms with Crippen molar-refractivity contribution in [3.8, 4) is 0 Å². The van der Waals surface area contributed by atoms with Crippen LogP contribution in [0.1, 0.15) is 23.6 Å². The van der Waals surface area contributed by atoms with Gasteiger partial charge < -0.3 is 9.64 Å². The van der Waals surface area contributed by atoms with E-state index in [1.807, 2.05) is 19.1 Å². The zero-order valence-electron chi connectivity index (χ0n) is 13.4. The fourth-order valence-corrected chi connectivity index (χ4v) is 2.92. The van der Waals surface area contributed by atoms with Crippen LogP contribution in [0.4, 0.5) is 5.69 Å². The summed E-state index contributed by atoms with van der Waals surface area (Å²) in [4.78, 5) is 13.8. The van der Waals surface area contributed by atoms with Gasteiger partial charge in [-0.05, 0) is 48.2 Å². The SMILES string of the molecule is CCOC(=O)C=Cc1ccc2c(c1)CCN2Cc1ccccc1. The van der Waals surface area contributed by atoms with Crippen LogP contribution in [-0.4, -0.2) is 19.1 Å². The zero-order chi connectivity index (χ0) is 16.1. The first-order chi connectivity index (χ1) is 11.3. The van der Waals surface area contributed by atoms with Gasteiger partial charge in [0.15, 0.2) is 0 Å². The Morgan fingerprint density at radius 3 is 2.83 bits per heavy atom. The van der Waals surface area contributed by atoms with E-state index < -0.39 is 0 Å². The highest BCUT2D eigenvalue weighted by Gasteiger charge is 2.18. The van der Waals surface area contributed by atoms with Gasteiger partial charge in [0.25, 0.3) is 0 Å². The molecule has 3 rings (SSSR count). The molecule has 3 nitrogen and oxygen atoms in total. The number of anilines is 1. The van der Waals surface area contributed by atoms with Crippen molar-refractivity contribution < 1.29 is 9.53 Å². The maximum atomic E-state index is 11.4. The molecule has 0 aliphatic carbocycles. The van der Waals surface area contributed by atoms with E-state index in [-0.39, 0.29) is 5.97 Å². The van der Waals surface area contributed by atoms with Crippen LogP contribution in [0.2, 0.25) is 0 Å². The normalized spacial score (nSPS) is 13.3. The second kappa shape index (κ2) is 7.14. The van der Waals surface area contributed by atoms with Crippen molar-refractivity contribution in [1.82, 2.24) is 0 Å². The predicted octanol–water partition coefficient (Wildman–Crippen LogP) is 3.83. The largest absolute Gasteiger partial charge is 0.463 e. The maximum Gasteiger partial charge on any atom is 0.330 e. The van der Waals surface area contributed by atoms with E-state index in [0.717, 1.165) is 25.1 Å². The molecule has 0 radical (unpaired) electrons. The van der Waals surface area contributed by atoms with Crippen molar-refractivity contribution >= 4 is 17.7 Å². The Kier molecular flexibility index (Phi) is 4.77. The van der Waals surface area contributed by atoms with Crippen molar-refractivity contribution in [1.29, 1.82) is 0 Å². The van der Waals surface area contributed by atoms with E-state index in [0.29, 0.717) is 6.61 Å². The topological polar surface area (TPSA) is 29.5 Å². The van der Waals surface area contributed by atoms with Gasteiger partial charge >= 0.3 is 5.97 Å². The second-order valence-electron chi connectivity index (χ2n) is 5.63. The Balaban J connectivity index is 1.71. The Bertz CT molecular complexity index is 707. The molecule has 1 heterocycles. The third kappa shape index (κ3) is 3.81. The van der Waals surface area contributed by atoms with Crippen LogP contribution in [0.5, 0.6) is 0 Å². The van der Waals surface area contributed by atoms with Gasteiger partial charge in [-0.3, -0.25) is 0 Å². The van der Waals surface area contributed by atoms with Gasteiger partial charge in [0.05, 0.1) is 6.61 Å². The quantitative estimate of drug-likeness (QED) is 0.621. The van der Waals surface area contributed by atoms with Crippen LogP contribution in [0.3, 0.4) is 0 Å². The molecular weight excluding hydrogens is 286 g/mol. The smallest absolute Gasteiger partial charge is 0.330 e. The Hall–Kier alpha value is -2.55. The number of esters is 1. The average molecular weight is 307 g/mol. The summed E-state index contributed by atoms with van der Waals surface area (Å²) in [5, 5.41) is 0. The molecule has 118 valence electrons. The summed E-state index contributed by atoms with van der Waals surface area (Å²) in [5.74, 6) is -0.293. The highest BCUT2D eigenvalue weighted by molar-refractivity contribution is 5.87. The van der Waals surface area contributed by atoms with Gasteiger partial charge in [-0.2, -0.15) is 0 Å². The predicted molar refractivity (Wildman–Crippen MR) is 93.3 cm³/mol. The maximum absolute atomic E-state index is 11.4. The number of ether oxygens (including phenoxy) is 1. The molecule has 1 aliphatic rings. The Labute approximate surface area is 137 Å². The van der Waals surface area contributed by atoms with Gasteiger partial charge in [-0.15, -0.1) is 0 Å². The molecule has 0 saturated carbocycles. The van der Waals surface area contributed by atoms with Crippen molar-refractivity contribution in [2.75, 3.05) is 18.1 Å². The minimum atomic E-state index is -0.293. The molecule has 0 amide bonds. The monoisotopic (exact) mass is 307 g/mol. The minimum absolute atomic E-state index is 0.293. The lowest BCUT2D eigenvalue weighted by Gasteiger charge is -2.19. The number of nitrogens with zero attached hydrogens (tertiary/aromatic N) is 1. The van der Waals surface area contributed by atoms with Crippen LogP contribution in [0.25, 0.3) is 6.08 Å². The van der Waals surface area contributed by atoms with E-state index in [9.17, 15) is 4.79 Å². The number of benzene rings is 2. The summed E-state index contributed by atoms with van der Waals surface area (Å²) >= 11 is 0. The number of fused-ring (bicyclic) bond motifs is 1.